The van der Waals surface area contributed by atoms with E-state index >= 15 is 0 Å². The van der Waals surface area contributed by atoms with Crippen molar-refractivity contribution in [3.05, 3.63) is 52.5 Å². The molecule has 0 spiro atoms. The lowest BCUT2D eigenvalue weighted by Gasteiger charge is -2.12. The number of hydrogen-bond acceptors (Lipinski definition) is 5. The van der Waals surface area contributed by atoms with E-state index in [9.17, 15) is 0 Å². The third kappa shape index (κ3) is 5.30. The van der Waals surface area contributed by atoms with Gasteiger partial charge in [-0.3, -0.25) is 0 Å². The van der Waals surface area contributed by atoms with Gasteiger partial charge in [0.2, 0.25) is 0 Å². The number of methoxy groups -OCH3 is 2. The van der Waals surface area contributed by atoms with Crippen molar-refractivity contribution in [1.82, 2.24) is 5.43 Å². The zero-order valence-electron chi connectivity index (χ0n) is 15.8. The highest BCUT2D eigenvalue weighted by Crippen LogP contribution is 2.28. The Balaban J connectivity index is 2.03. The Labute approximate surface area is 159 Å². The molecule has 26 heavy (non-hydrogen) atoms. The maximum absolute atomic E-state index is 6.28. The summed E-state index contributed by atoms with van der Waals surface area (Å²) < 4.78 is 16.2. The molecule has 0 fully saturated rings. The molecule has 2 aromatic carbocycles. The van der Waals surface area contributed by atoms with Crippen LogP contribution in [-0.4, -0.2) is 26.0 Å². The number of hydrogen-bond donors (Lipinski definition) is 1. The van der Waals surface area contributed by atoms with Crippen LogP contribution in [0.4, 0.5) is 0 Å². The normalized spacial score (nSPS) is 11.4. The standard InChI is InChI=1S/C20H25ClN2O3/c1-13(2)26-18-9-7-16(11-17(18)21)14(3)23-22-12-15-6-8-19(24-4)20(10-15)25-5/h6-11,13,22H,12H2,1-5H3/b23-14+. The highest BCUT2D eigenvalue weighted by atomic mass is 35.5. The lowest BCUT2D eigenvalue weighted by molar-refractivity contribution is 0.242. The van der Waals surface area contributed by atoms with E-state index < -0.39 is 0 Å². The van der Waals surface area contributed by atoms with Crippen LogP contribution in [0, 0.1) is 0 Å². The Hall–Kier alpha value is -2.40. The van der Waals surface area contributed by atoms with Crippen LogP contribution in [0.2, 0.25) is 5.02 Å². The third-order valence-electron chi connectivity index (χ3n) is 3.69. The predicted molar refractivity (Wildman–Crippen MR) is 106 cm³/mol. The molecule has 0 amide bonds. The van der Waals surface area contributed by atoms with Gasteiger partial charge in [0.05, 0.1) is 37.6 Å². The van der Waals surface area contributed by atoms with E-state index in [2.05, 4.69) is 10.5 Å². The van der Waals surface area contributed by atoms with Gasteiger partial charge in [-0.15, -0.1) is 0 Å². The van der Waals surface area contributed by atoms with Crippen LogP contribution in [0.25, 0.3) is 0 Å². The van der Waals surface area contributed by atoms with Gasteiger partial charge < -0.3 is 19.6 Å². The molecule has 0 saturated heterocycles. The maximum Gasteiger partial charge on any atom is 0.161 e. The number of ether oxygens (including phenoxy) is 3. The second kappa shape index (κ2) is 9.34. The van der Waals surface area contributed by atoms with E-state index in [1.807, 2.05) is 57.2 Å². The zero-order valence-corrected chi connectivity index (χ0v) is 16.6. The highest BCUT2D eigenvalue weighted by molar-refractivity contribution is 6.32. The number of nitrogens with one attached hydrogen (secondary N) is 1. The van der Waals surface area contributed by atoms with Crippen LogP contribution in [0.1, 0.15) is 31.9 Å². The van der Waals surface area contributed by atoms with E-state index in [1.54, 1.807) is 14.2 Å². The first-order chi connectivity index (χ1) is 12.4. The minimum atomic E-state index is 0.0799. The third-order valence-corrected chi connectivity index (χ3v) is 3.99. The van der Waals surface area contributed by atoms with Crippen LogP contribution in [0.3, 0.4) is 0 Å². The average Bonchev–Trinajstić information content (AvgIpc) is 2.62. The van der Waals surface area contributed by atoms with Crippen LogP contribution >= 0.6 is 11.6 Å². The summed E-state index contributed by atoms with van der Waals surface area (Å²) in [6, 6.07) is 11.4. The molecule has 0 saturated carbocycles. The van der Waals surface area contributed by atoms with Crippen molar-refractivity contribution in [3.63, 3.8) is 0 Å². The van der Waals surface area contributed by atoms with Crippen LogP contribution in [0.5, 0.6) is 17.2 Å². The Morgan fingerprint density at radius 2 is 1.73 bits per heavy atom. The fraction of sp³-hybridized carbons (Fsp3) is 0.350. The Morgan fingerprint density at radius 1 is 1.04 bits per heavy atom. The molecule has 0 radical (unpaired) electrons. The lowest BCUT2D eigenvalue weighted by atomic mass is 10.1. The molecule has 2 aromatic rings. The lowest BCUT2D eigenvalue weighted by Crippen LogP contribution is -2.10. The van der Waals surface area contributed by atoms with E-state index in [4.69, 9.17) is 25.8 Å². The first-order valence-electron chi connectivity index (χ1n) is 8.39. The van der Waals surface area contributed by atoms with Gasteiger partial charge >= 0.3 is 0 Å². The van der Waals surface area contributed by atoms with Crippen molar-refractivity contribution in [2.45, 2.75) is 33.4 Å². The molecule has 0 heterocycles. The van der Waals surface area contributed by atoms with Crippen LogP contribution < -0.4 is 19.6 Å². The van der Waals surface area contributed by atoms with Crippen molar-refractivity contribution in [1.29, 1.82) is 0 Å². The average molecular weight is 377 g/mol. The second-order valence-corrected chi connectivity index (χ2v) is 6.44. The van der Waals surface area contributed by atoms with Crippen molar-refractivity contribution in [3.8, 4) is 17.2 Å². The second-order valence-electron chi connectivity index (χ2n) is 6.03. The summed E-state index contributed by atoms with van der Waals surface area (Å²) in [7, 11) is 3.24. The molecule has 0 aliphatic rings. The molecule has 1 N–H and O–H groups in total. The fourth-order valence-electron chi connectivity index (χ4n) is 2.38. The minimum Gasteiger partial charge on any atom is -0.493 e. The molecule has 6 heteroatoms. The van der Waals surface area contributed by atoms with Crippen LogP contribution in [0.15, 0.2) is 41.5 Å². The predicted octanol–water partition coefficient (Wildman–Crippen LogP) is 4.66. The zero-order chi connectivity index (χ0) is 19.1. The number of benzene rings is 2. The Morgan fingerprint density at radius 3 is 2.35 bits per heavy atom. The molecule has 5 nitrogen and oxygen atoms in total. The highest BCUT2D eigenvalue weighted by Gasteiger charge is 2.07. The van der Waals surface area contributed by atoms with Crippen molar-refractivity contribution >= 4 is 17.3 Å². The molecular weight excluding hydrogens is 352 g/mol. The van der Waals surface area contributed by atoms with Crippen molar-refractivity contribution in [2.75, 3.05) is 14.2 Å². The monoisotopic (exact) mass is 376 g/mol. The molecule has 0 bridgehead atoms. The molecule has 2 rings (SSSR count). The first kappa shape index (κ1) is 19.9. The van der Waals surface area contributed by atoms with Crippen LogP contribution in [-0.2, 0) is 6.54 Å². The molecule has 0 aromatic heterocycles. The Bertz CT molecular complexity index is 776. The van der Waals surface area contributed by atoms with Gasteiger partial charge in [0, 0.05) is 0 Å². The van der Waals surface area contributed by atoms with Gasteiger partial charge in [-0.25, -0.2) is 0 Å². The molecule has 0 atom stereocenters. The summed E-state index contributed by atoms with van der Waals surface area (Å²) in [5.74, 6) is 2.07. The number of halogens is 1. The molecule has 140 valence electrons. The van der Waals surface area contributed by atoms with E-state index in [0.29, 0.717) is 28.8 Å². The van der Waals surface area contributed by atoms with E-state index in [0.717, 1.165) is 16.8 Å². The van der Waals surface area contributed by atoms with Gasteiger partial charge in [-0.05, 0) is 62.2 Å². The van der Waals surface area contributed by atoms with Crippen molar-refractivity contribution in [2.24, 2.45) is 5.10 Å². The van der Waals surface area contributed by atoms with Gasteiger partial charge in [-0.1, -0.05) is 17.7 Å². The minimum absolute atomic E-state index is 0.0799. The summed E-state index contributed by atoms with van der Waals surface area (Å²) in [5, 5.41) is 4.99. The first-order valence-corrected chi connectivity index (χ1v) is 8.77. The number of rotatable bonds is 8. The fourth-order valence-corrected chi connectivity index (χ4v) is 2.61. The molecule has 0 unspecified atom stereocenters. The molecule has 0 aliphatic carbocycles. The largest absolute Gasteiger partial charge is 0.493 e. The smallest absolute Gasteiger partial charge is 0.161 e. The quantitative estimate of drug-likeness (QED) is 0.537. The summed E-state index contributed by atoms with van der Waals surface area (Å²) in [6.45, 7) is 6.43. The van der Waals surface area contributed by atoms with E-state index in [-0.39, 0.29) is 6.10 Å². The van der Waals surface area contributed by atoms with E-state index in [1.165, 1.54) is 0 Å². The van der Waals surface area contributed by atoms with Gasteiger partial charge in [0.1, 0.15) is 5.75 Å². The summed E-state index contributed by atoms with van der Waals surface area (Å²) in [5.41, 5.74) is 5.88. The number of nitrogens with zero attached hydrogens (tertiary/aromatic N) is 1. The van der Waals surface area contributed by atoms with Gasteiger partial charge in [0.15, 0.2) is 11.5 Å². The summed E-state index contributed by atoms with van der Waals surface area (Å²) in [4.78, 5) is 0. The van der Waals surface area contributed by atoms with Gasteiger partial charge in [-0.2, -0.15) is 5.10 Å². The molecule has 0 aliphatic heterocycles. The topological polar surface area (TPSA) is 52.1 Å². The number of hydrazone groups is 1. The summed E-state index contributed by atoms with van der Waals surface area (Å²) in [6.07, 6.45) is 0.0799. The SMILES string of the molecule is COc1ccc(CN/N=C(\C)c2ccc(OC(C)C)c(Cl)c2)cc1OC. The molecular formula is C20H25ClN2O3. The van der Waals surface area contributed by atoms with Gasteiger partial charge in [0.25, 0.3) is 0 Å². The summed E-state index contributed by atoms with van der Waals surface area (Å²) >= 11 is 6.28. The Kier molecular flexibility index (Phi) is 7.16. The maximum atomic E-state index is 6.28. The van der Waals surface area contributed by atoms with Crippen molar-refractivity contribution < 1.29 is 14.2 Å².